The van der Waals surface area contributed by atoms with Gasteiger partial charge in [-0.15, -0.1) is 0 Å². The van der Waals surface area contributed by atoms with Crippen LogP contribution in [0.5, 0.6) is 0 Å². The standard InChI is InChI=1S/C14H17BrN2O/c15-10-3-1-2-9(8-10)14-12(16)6-7-13(18)17(14)11-4-5-11/h1-3,8,11-12,14H,4-7,16H2. The van der Waals surface area contributed by atoms with Crippen LogP contribution in [0.3, 0.4) is 0 Å². The highest BCUT2D eigenvalue weighted by Crippen LogP contribution is 2.40. The van der Waals surface area contributed by atoms with E-state index in [0.29, 0.717) is 12.5 Å². The van der Waals surface area contributed by atoms with Crippen molar-refractivity contribution in [3.05, 3.63) is 34.3 Å². The number of carbonyl (C=O) groups is 1. The lowest BCUT2D eigenvalue weighted by molar-refractivity contribution is -0.138. The van der Waals surface area contributed by atoms with E-state index in [-0.39, 0.29) is 18.0 Å². The molecule has 1 aromatic rings. The van der Waals surface area contributed by atoms with E-state index in [1.165, 1.54) is 0 Å². The van der Waals surface area contributed by atoms with E-state index in [9.17, 15) is 4.79 Å². The molecule has 1 heterocycles. The number of benzene rings is 1. The molecule has 18 heavy (non-hydrogen) atoms. The summed E-state index contributed by atoms with van der Waals surface area (Å²) in [5.74, 6) is 0.268. The van der Waals surface area contributed by atoms with E-state index in [1.807, 2.05) is 17.0 Å². The first-order chi connectivity index (χ1) is 8.66. The van der Waals surface area contributed by atoms with Crippen molar-refractivity contribution in [2.24, 2.45) is 5.73 Å². The van der Waals surface area contributed by atoms with Crippen LogP contribution < -0.4 is 5.73 Å². The summed E-state index contributed by atoms with van der Waals surface area (Å²) in [4.78, 5) is 14.2. The number of nitrogens with zero attached hydrogens (tertiary/aromatic N) is 1. The molecule has 1 aliphatic heterocycles. The second-order valence-electron chi connectivity index (χ2n) is 5.23. The molecule has 0 spiro atoms. The van der Waals surface area contributed by atoms with Gasteiger partial charge in [-0.3, -0.25) is 4.79 Å². The first-order valence-corrected chi connectivity index (χ1v) is 7.28. The third-order valence-corrected chi connectivity index (χ3v) is 4.31. The van der Waals surface area contributed by atoms with Crippen LogP contribution >= 0.6 is 15.9 Å². The fourth-order valence-corrected chi connectivity index (χ4v) is 3.24. The summed E-state index contributed by atoms with van der Waals surface area (Å²) in [6.07, 6.45) is 3.65. The number of likely N-dealkylation sites (tertiary alicyclic amines) is 1. The lowest BCUT2D eigenvalue weighted by atomic mass is 9.90. The summed E-state index contributed by atoms with van der Waals surface area (Å²) in [6, 6.07) is 8.70. The molecule has 3 nitrogen and oxygen atoms in total. The predicted octanol–water partition coefficient (Wildman–Crippen LogP) is 2.60. The molecule has 1 aromatic carbocycles. The molecule has 2 fully saturated rings. The molecule has 4 heteroatoms. The maximum Gasteiger partial charge on any atom is 0.223 e. The van der Waals surface area contributed by atoms with Crippen molar-refractivity contribution < 1.29 is 4.79 Å². The number of hydrogen-bond donors (Lipinski definition) is 1. The molecule has 2 N–H and O–H groups in total. The molecular formula is C14H17BrN2O. The molecule has 2 unspecified atom stereocenters. The van der Waals surface area contributed by atoms with Crippen molar-refractivity contribution in [2.45, 2.75) is 43.8 Å². The summed E-state index contributed by atoms with van der Waals surface area (Å²) in [5, 5.41) is 0. The number of halogens is 1. The Morgan fingerprint density at radius 3 is 2.72 bits per heavy atom. The van der Waals surface area contributed by atoms with Gasteiger partial charge in [-0.05, 0) is 37.0 Å². The second kappa shape index (κ2) is 4.67. The van der Waals surface area contributed by atoms with Gasteiger partial charge in [0.15, 0.2) is 0 Å². The highest BCUT2D eigenvalue weighted by atomic mass is 79.9. The summed E-state index contributed by atoms with van der Waals surface area (Å²) < 4.78 is 1.04. The van der Waals surface area contributed by atoms with E-state index in [1.54, 1.807) is 0 Å². The molecule has 0 radical (unpaired) electrons. The second-order valence-corrected chi connectivity index (χ2v) is 6.15. The topological polar surface area (TPSA) is 46.3 Å². The minimum atomic E-state index is 0.0521. The normalized spacial score (nSPS) is 28.6. The molecule has 96 valence electrons. The van der Waals surface area contributed by atoms with Gasteiger partial charge in [-0.2, -0.15) is 0 Å². The molecular weight excluding hydrogens is 292 g/mol. The van der Waals surface area contributed by atoms with Crippen LogP contribution in [0.2, 0.25) is 0 Å². The van der Waals surface area contributed by atoms with E-state index < -0.39 is 0 Å². The molecule has 2 atom stereocenters. The smallest absolute Gasteiger partial charge is 0.223 e. The highest BCUT2D eigenvalue weighted by molar-refractivity contribution is 9.10. The summed E-state index contributed by atoms with van der Waals surface area (Å²) >= 11 is 3.49. The zero-order valence-corrected chi connectivity index (χ0v) is 11.8. The quantitative estimate of drug-likeness (QED) is 0.913. The average molecular weight is 309 g/mol. The molecule has 2 aliphatic rings. The molecule has 0 bridgehead atoms. The van der Waals surface area contributed by atoms with Crippen molar-refractivity contribution in [1.82, 2.24) is 4.90 Å². The number of nitrogens with two attached hydrogens (primary N) is 1. The number of piperidine rings is 1. The van der Waals surface area contributed by atoms with Gasteiger partial charge in [-0.1, -0.05) is 28.1 Å². The predicted molar refractivity (Wildman–Crippen MR) is 74.0 cm³/mol. The maximum atomic E-state index is 12.1. The Labute approximate surface area is 115 Å². The Morgan fingerprint density at radius 2 is 2.06 bits per heavy atom. The van der Waals surface area contributed by atoms with Crippen LogP contribution in [0, 0.1) is 0 Å². The molecule has 1 saturated carbocycles. The lowest BCUT2D eigenvalue weighted by Crippen LogP contribution is -2.49. The van der Waals surface area contributed by atoms with Gasteiger partial charge in [0, 0.05) is 23.0 Å². The number of amides is 1. The minimum Gasteiger partial charge on any atom is -0.331 e. The lowest BCUT2D eigenvalue weighted by Gasteiger charge is -2.40. The van der Waals surface area contributed by atoms with Gasteiger partial charge in [0.05, 0.1) is 6.04 Å². The van der Waals surface area contributed by atoms with Gasteiger partial charge in [0.1, 0.15) is 0 Å². The van der Waals surface area contributed by atoms with Crippen molar-refractivity contribution in [3.8, 4) is 0 Å². The maximum absolute atomic E-state index is 12.1. The molecule has 1 amide bonds. The Hall–Kier alpha value is -0.870. The third-order valence-electron chi connectivity index (χ3n) is 3.82. The first-order valence-electron chi connectivity index (χ1n) is 6.49. The van der Waals surface area contributed by atoms with E-state index in [2.05, 4.69) is 28.1 Å². The zero-order chi connectivity index (χ0) is 12.7. The molecule has 1 saturated heterocycles. The highest BCUT2D eigenvalue weighted by Gasteiger charge is 2.42. The fourth-order valence-electron chi connectivity index (χ4n) is 2.82. The van der Waals surface area contributed by atoms with Crippen molar-refractivity contribution >= 4 is 21.8 Å². The van der Waals surface area contributed by atoms with Gasteiger partial charge in [0.2, 0.25) is 5.91 Å². The van der Waals surface area contributed by atoms with Crippen LogP contribution in [0.4, 0.5) is 0 Å². The monoisotopic (exact) mass is 308 g/mol. The van der Waals surface area contributed by atoms with Gasteiger partial charge in [0.25, 0.3) is 0 Å². The van der Waals surface area contributed by atoms with Crippen LogP contribution in [-0.4, -0.2) is 22.9 Å². The summed E-state index contributed by atoms with van der Waals surface area (Å²) in [5.41, 5.74) is 7.42. The van der Waals surface area contributed by atoms with Crippen LogP contribution in [-0.2, 0) is 4.79 Å². The largest absolute Gasteiger partial charge is 0.331 e. The van der Waals surface area contributed by atoms with Crippen molar-refractivity contribution in [1.29, 1.82) is 0 Å². The Balaban J connectivity index is 1.96. The van der Waals surface area contributed by atoms with Crippen molar-refractivity contribution in [3.63, 3.8) is 0 Å². The summed E-state index contributed by atoms with van der Waals surface area (Å²) in [7, 11) is 0. The molecule has 0 aromatic heterocycles. The Bertz CT molecular complexity index is 473. The number of rotatable bonds is 2. The van der Waals surface area contributed by atoms with Crippen LogP contribution in [0.25, 0.3) is 0 Å². The Morgan fingerprint density at radius 1 is 1.28 bits per heavy atom. The van der Waals surface area contributed by atoms with Crippen LogP contribution in [0.1, 0.15) is 37.3 Å². The van der Waals surface area contributed by atoms with E-state index in [0.717, 1.165) is 29.3 Å². The number of carbonyl (C=O) groups excluding carboxylic acids is 1. The zero-order valence-electron chi connectivity index (χ0n) is 10.2. The molecule has 3 rings (SSSR count). The van der Waals surface area contributed by atoms with Crippen LogP contribution in [0.15, 0.2) is 28.7 Å². The SMILES string of the molecule is NC1CCC(=O)N(C2CC2)C1c1cccc(Br)c1. The Kier molecular flexibility index (Phi) is 3.16. The van der Waals surface area contributed by atoms with Crippen molar-refractivity contribution in [2.75, 3.05) is 0 Å². The first kappa shape index (κ1) is 12.2. The average Bonchev–Trinajstić information content (AvgIpc) is 3.16. The fraction of sp³-hybridized carbons (Fsp3) is 0.500. The third kappa shape index (κ3) is 2.19. The molecule has 1 aliphatic carbocycles. The number of hydrogen-bond acceptors (Lipinski definition) is 2. The van der Waals surface area contributed by atoms with Gasteiger partial charge >= 0.3 is 0 Å². The van der Waals surface area contributed by atoms with Gasteiger partial charge < -0.3 is 10.6 Å². The minimum absolute atomic E-state index is 0.0521. The van der Waals surface area contributed by atoms with Gasteiger partial charge in [-0.25, -0.2) is 0 Å². The summed E-state index contributed by atoms with van der Waals surface area (Å²) in [6.45, 7) is 0. The van der Waals surface area contributed by atoms with E-state index in [4.69, 9.17) is 5.73 Å². The van der Waals surface area contributed by atoms with E-state index >= 15 is 0 Å².